The molecule has 0 bridgehead atoms. The lowest BCUT2D eigenvalue weighted by molar-refractivity contribution is 0.0939. The summed E-state index contributed by atoms with van der Waals surface area (Å²) in [6.07, 6.45) is 1.83. The molecule has 1 saturated carbocycles. The molecular weight excluding hydrogens is 180 g/mol. The Morgan fingerprint density at radius 3 is 2.93 bits per heavy atom. The van der Waals surface area contributed by atoms with Gasteiger partial charge in [-0.05, 0) is 12.3 Å². The van der Waals surface area contributed by atoms with E-state index in [0.717, 1.165) is 18.7 Å². The van der Waals surface area contributed by atoms with Crippen molar-refractivity contribution >= 4 is 5.91 Å². The van der Waals surface area contributed by atoms with Gasteiger partial charge in [-0.1, -0.05) is 13.8 Å². The SMILES string of the molecule is CCc1nc(C(=O)NC2CC2C)n[nH]1. The number of carbonyl (C=O) groups is 1. The molecule has 0 radical (unpaired) electrons. The smallest absolute Gasteiger partial charge is 0.291 e. The molecule has 2 unspecified atom stereocenters. The molecule has 1 heterocycles. The zero-order chi connectivity index (χ0) is 10.1. The van der Waals surface area contributed by atoms with Crippen LogP contribution < -0.4 is 5.32 Å². The van der Waals surface area contributed by atoms with Gasteiger partial charge in [0.1, 0.15) is 5.82 Å². The highest BCUT2D eigenvalue weighted by molar-refractivity contribution is 5.90. The highest BCUT2D eigenvalue weighted by atomic mass is 16.2. The second kappa shape index (κ2) is 3.40. The van der Waals surface area contributed by atoms with E-state index in [9.17, 15) is 4.79 Å². The number of aromatic nitrogens is 3. The van der Waals surface area contributed by atoms with Crippen molar-refractivity contribution in [2.45, 2.75) is 32.7 Å². The van der Waals surface area contributed by atoms with E-state index >= 15 is 0 Å². The maximum Gasteiger partial charge on any atom is 0.291 e. The number of nitrogens with one attached hydrogen (secondary N) is 2. The molecule has 1 aromatic rings. The predicted molar refractivity (Wildman–Crippen MR) is 50.8 cm³/mol. The van der Waals surface area contributed by atoms with Crippen LogP contribution in [0.1, 0.15) is 36.7 Å². The molecule has 0 aliphatic heterocycles. The summed E-state index contributed by atoms with van der Waals surface area (Å²) < 4.78 is 0. The summed E-state index contributed by atoms with van der Waals surface area (Å²) in [5, 5.41) is 9.44. The topological polar surface area (TPSA) is 70.7 Å². The zero-order valence-electron chi connectivity index (χ0n) is 8.37. The molecule has 5 nitrogen and oxygen atoms in total. The maximum absolute atomic E-state index is 11.5. The molecule has 2 atom stereocenters. The summed E-state index contributed by atoms with van der Waals surface area (Å²) in [6, 6.07) is 0.325. The number of hydrogen-bond acceptors (Lipinski definition) is 3. The molecule has 1 aliphatic carbocycles. The van der Waals surface area contributed by atoms with Gasteiger partial charge >= 0.3 is 0 Å². The van der Waals surface area contributed by atoms with Crippen LogP contribution in [0.5, 0.6) is 0 Å². The molecule has 14 heavy (non-hydrogen) atoms. The molecule has 1 fully saturated rings. The van der Waals surface area contributed by atoms with Crippen molar-refractivity contribution in [3.63, 3.8) is 0 Å². The molecule has 2 N–H and O–H groups in total. The van der Waals surface area contributed by atoms with Crippen LogP contribution in [0, 0.1) is 5.92 Å². The van der Waals surface area contributed by atoms with Crippen molar-refractivity contribution in [1.29, 1.82) is 0 Å². The van der Waals surface area contributed by atoms with E-state index in [-0.39, 0.29) is 11.7 Å². The van der Waals surface area contributed by atoms with Gasteiger partial charge in [0.2, 0.25) is 5.82 Å². The Labute approximate surface area is 82.3 Å². The van der Waals surface area contributed by atoms with Crippen LogP contribution in [-0.2, 0) is 6.42 Å². The largest absolute Gasteiger partial charge is 0.346 e. The second-order valence-corrected chi connectivity index (χ2v) is 3.75. The Bertz CT molecular complexity index is 346. The molecular formula is C9H14N4O. The highest BCUT2D eigenvalue weighted by Gasteiger charge is 2.34. The van der Waals surface area contributed by atoms with Crippen molar-refractivity contribution in [2.24, 2.45) is 5.92 Å². The quantitative estimate of drug-likeness (QED) is 0.736. The molecule has 1 aromatic heterocycles. The first-order valence-corrected chi connectivity index (χ1v) is 4.93. The number of aryl methyl sites for hydroxylation is 1. The van der Waals surface area contributed by atoms with Gasteiger partial charge < -0.3 is 5.32 Å². The van der Waals surface area contributed by atoms with Crippen LogP contribution in [0.4, 0.5) is 0 Å². The molecule has 0 aromatic carbocycles. The van der Waals surface area contributed by atoms with E-state index in [2.05, 4.69) is 27.4 Å². The molecule has 5 heteroatoms. The van der Waals surface area contributed by atoms with Crippen LogP contribution in [0.25, 0.3) is 0 Å². The third kappa shape index (κ3) is 1.76. The number of H-pyrrole nitrogens is 1. The minimum atomic E-state index is -0.171. The average molecular weight is 194 g/mol. The van der Waals surface area contributed by atoms with Crippen LogP contribution >= 0.6 is 0 Å². The standard InChI is InChI=1S/C9H14N4O/c1-3-7-11-8(13-12-7)9(14)10-6-4-5(6)2/h5-6H,3-4H2,1-2H3,(H,10,14)(H,11,12,13). The normalized spacial score (nSPS) is 24.7. The first-order valence-electron chi connectivity index (χ1n) is 4.93. The van der Waals surface area contributed by atoms with E-state index in [0.29, 0.717) is 12.0 Å². The Morgan fingerprint density at radius 2 is 2.43 bits per heavy atom. The minimum absolute atomic E-state index is 0.171. The fourth-order valence-electron chi connectivity index (χ4n) is 1.31. The van der Waals surface area contributed by atoms with Gasteiger partial charge in [-0.15, -0.1) is 5.10 Å². The van der Waals surface area contributed by atoms with Gasteiger partial charge in [-0.2, -0.15) is 0 Å². The second-order valence-electron chi connectivity index (χ2n) is 3.75. The summed E-state index contributed by atoms with van der Waals surface area (Å²) in [5.41, 5.74) is 0. The molecule has 2 rings (SSSR count). The summed E-state index contributed by atoms with van der Waals surface area (Å²) in [7, 11) is 0. The van der Waals surface area contributed by atoms with Crippen LogP contribution in [0.2, 0.25) is 0 Å². The first-order chi connectivity index (χ1) is 6.70. The predicted octanol–water partition coefficient (Wildman–Crippen LogP) is 0.505. The maximum atomic E-state index is 11.5. The van der Waals surface area contributed by atoms with E-state index in [1.807, 2.05) is 6.92 Å². The van der Waals surface area contributed by atoms with Gasteiger partial charge in [0, 0.05) is 12.5 Å². The lowest BCUT2D eigenvalue weighted by Gasteiger charge is -1.97. The number of hydrogen-bond donors (Lipinski definition) is 2. The highest BCUT2D eigenvalue weighted by Crippen LogP contribution is 2.28. The van der Waals surface area contributed by atoms with Crippen molar-refractivity contribution in [1.82, 2.24) is 20.5 Å². The van der Waals surface area contributed by atoms with Crippen molar-refractivity contribution in [2.75, 3.05) is 0 Å². The fraction of sp³-hybridized carbons (Fsp3) is 0.667. The van der Waals surface area contributed by atoms with E-state index in [4.69, 9.17) is 0 Å². The van der Waals surface area contributed by atoms with Crippen molar-refractivity contribution < 1.29 is 4.79 Å². The summed E-state index contributed by atoms with van der Waals surface area (Å²) in [4.78, 5) is 15.6. The van der Waals surface area contributed by atoms with Crippen molar-refractivity contribution in [3.05, 3.63) is 11.6 Å². The summed E-state index contributed by atoms with van der Waals surface area (Å²) in [5.74, 6) is 1.43. The number of rotatable bonds is 3. The minimum Gasteiger partial charge on any atom is -0.346 e. The number of carbonyl (C=O) groups excluding carboxylic acids is 1. The zero-order valence-corrected chi connectivity index (χ0v) is 8.37. The third-order valence-electron chi connectivity index (χ3n) is 2.50. The molecule has 0 spiro atoms. The third-order valence-corrected chi connectivity index (χ3v) is 2.50. The number of nitrogens with zero attached hydrogens (tertiary/aromatic N) is 2. The van der Waals surface area contributed by atoms with Gasteiger partial charge in [-0.3, -0.25) is 9.89 Å². The fourth-order valence-corrected chi connectivity index (χ4v) is 1.31. The number of aromatic amines is 1. The van der Waals surface area contributed by atoms with Gasteiger partial charge in [-0.25, -0.2) is 4.98 Å². The summed E-state index contributed by atoms with van der Waals surface area (Å²) >= 11 is 0. The average Bonchev–Trinajstić information content (AvgIpc) is 2.72. The first kappa shape index (κ1) is 9.18. The molecule has 76 valence electrons. The van der Waals surface area contributed by atoms with E-state index in [1.165, 1.54) is 0 Å². The molecule has 1 aliphatic rings. The Morgan fingerprint density at radius 1 is 1.71 bits per heavy atom. The molecule has 0 saturated heterocycles. The summed E-state index contributed by atoms with van der Waals surface area (Å²) in [6.45, 7) is 4.07. The van der Waals surface area contributed by atoms with E-state index in [1.54, 1.807) is 0 Å². The Kier molecular flexibility index (Phi) is 2.23. The molecule has 1 amide bonds. The number of amides is 1. The lowest BCUT2D eigenvalue weighted by Crippen LogP contribution is -2.27. The van der Waals surface area contributed by atoms with Gasteiger partial charge in [0.15, 0.2) is 0 Å². The Balaban J connectivity index is 1.96. The lowest BCUT2D eigenvalue weighted by atomic mass is 10.4. The Hall–Kier alpha value is -1.39. The van der Waals surface area contributed by atoms with Gasteiger partial charge in [0.25, 0.3) is 5.91 Å². The monoisotopic (exact) mass is 194 g/mol. The van der Waals surface area contributed by atoms with Gasteiger partial charge in [0.05, 0.1) is 0 Å². The van der Waals surface area contributed by atoms with Crippen LogP contribution in [0.15, 0.2) is 0 Å². The van der Waals surface area contributed by atoms with E-state index < -0.39 is 0 Å². The van der Waals surface area contributed by atoms with Crippen LogP contribution in [0.3, 0.4) is 0 Å². The van der Waals surface area contributed by atoms with Crippen molar-refractivity contribution in [3.8, 4) is 0 Å². The van der Waals surface area contributed by atoms with Crippen LogP contribution in [-0.4, -0.2) is 27.1 Å².